The van der Waals surface area contributed by atoms with Crippen LogP contribution in [-0.2, 0) is 4.79 Å². The molecular weight excluding hydrogens is 409 g/mol. The number of aromatic hydroxyl groups is 1. The molecule has 1 saturated heterocycles. The number of nitrogens with zero attached hydrogens (tertiary/aromatic N) is 2. The Morgan fingerprint density at radius 2 is 1.59 bits per heavy atom. The number of amides is 1. The SMILES string of the molecule is C[C@H](C(=O)Nc1cc(Cl)c(Cl)cc1Cl)N1CCN(c2ccc(O)cc2)CC1. The quantitative estimate of drug-likeness (QED) is 0.704. The fourth-order valence-corrected chi connectivity index (χ4v) is 3.65. The highest BCUT2D eigenvalue weighted by Crippen LogP contribution is 2.32. The van der Waals surface area contributed by atoms with E-state index < -0.39 is 0 Å². The summed E-state index contributed by atoms with van der Waals surface area (Å²) in [5.74, 6) is 0.108. The Balaban J connectivity index is 1.58. The standard InChI is InChI=1S/C19H20Cl3N3O2/c1-12(19(27)23-18-11-16(21)15(20)10-17(18)22)24-6-8-25(9-7-24)13-2-4-14(26)5-3-13/h2-5,10-12,26H,6-9H2,1H3,(H,23,27)/t12-/m1/s1. The summed E-state index contributed by atoms with van der Waals surface area (Å²) in [7, 11) is 0. The van der Waals surface area contributed by atoms with E-state index in [1.165, 1.54) is 6.07 Å². The van der Waals surface area contributed by atoms with Gasteiger partial charge in [0.2, 0.25) is 5.91 Å². The zero-order valence-corrected chi connectivity index (χ0v) is 17.0. The minimum atomic E-state index is -0.308. The van der Waals surface area contributed by atoms with Crippen molar-refractivity contribution in [3.05, 3.63) is 51.5 Å². The number of nitrogens with one attached hydrogen (secondary N) is 1. The van der Waals surface area contributed by atoms with Gasteiger partial charge in [-0.25, -0.2) is 0 Å². The summed E-state index contributed by atoms with van der Waals surface area (Å²) in [4.78, 5) is 17.0. The Morgan fingerprint density at radius 3 is 2.22 bits per heavy atom. The molecule has 5 nitrogen and oxygen atoms in total. The predicted octanol–water partition coefficient (Wildman–Crippen LogP) is 4.50. The van der Waals surface area contributed by atoms with Crippen molar-refractivity contribution in [2.24, 2.45) is 0 Å². The minimum Gasteiger partial charge on any atom is -0.508 e. The summed E-state index contributed by atoms with van der Waals surface area (Å²) in [6.45, 7) is 4.98. The van der Waals surface area contributed by atoms with Gasteiger partial charge < -0.3 is 15.3 Å². The lowest BCUT2D eigenvalue weighted by molar-refractivity contribution is -0.120. The van der Waals surface area contributed by atoms with Gasteiger partial charge in [-0.15, -0.1) is 0 Å². The van der Waals surface area contributed by atoms with Crippen LogP contribution in [0.5, 0.6) is 5.75 Å². The maximum absolute atomic E-state index is 12.6. The van der Waals surface area contributed by atoms with Crippen molar-refractivity contribution in [2.75, 3.05) is 36.4 Å². The second-order valence-corrected chi connectivity index (χ2v) is 7.67. The summed E-state index contributed by atoms with van der Waals surface area (Å²) < 4.78 is 0. The number of rotatable bonds is 4. The smallest absolute Gasteiger partial charge is 0.241 e. The van der Waals surface area contributed by atoms with Crippen LogP contribution >= 0.6 is 34.8 Å². The molecule has 1 atom stereocenters. The first-order valence-corrected chi connectivity index (χ1v) is 9.72. The number of phenols is 1. The zero-order valence-electron chi connectivity index (χ0n) is 14.8. The molecule has 1 fully saturated rings. The van der Waals surface area contributed by atoms with Crippen molar-refractivity contribution in [1.29, 1.82) is 0 Å². The average Bonchev–Trinajstić information content (AvgIpc) is 2.66. The summed E-state index contributed by atoms with van der Waals surface area (Å²) >= 11 is 18.1. The number of halogens is 3. The molecule has 2 N–H and O–H groups in total. The van der Waals surface area contributed by atoms with Gasteiger partial charge in [-0.1, -0.05) is 34.8 Å². The number of carbonyl (C=O) groups excluding carboxylic acids is 1. The molecule has 3 rings (SSSR count). The monoisotopic (exact) mass is 427 g/mol. The first-order chi connectivity index (χ1) is 12.8. The number of piperazine rings is 1. The molecule has 0 bridgehead atoms. The van der Waals surface area contributed by atoms with E-state index in [1.54, 1.807) is 18.2 Å². The number of phenolic OH excluding ortho intramolecular Hbond substituents is 1. The van der Waals surface area contributed by atoms with Crippen LogP contribution in [0.1, 0.15) is 6.92 Å². The number of anilines is 2. The van der Waals surface area contributed by atoms with Gasteiger partial charge in [0.05, 0.1) is 26.8 Å². The van der Waals surface area contributed by atoms with Gasteiger partial charge in [0, 0.05) is 31.9 Å². The minimum absolute atomic E-state index is 0.145. The molecule has 1 heterocycles. The Hall–Kier alpha value is -1.66. The van der Waals surface area contributed by atoms with Crippen LogP contribution in [0.4, 0.5) is 11.4 Å². The summed E-state index contributed by atoms with van der Waals surface area (Å²) in [5.41, 5.74) is 1.51. The molecule has 0 saturated carbocycles. The molecule has 1 amide bonds. The summed E-state index contributed by atoms with van der Waals surface area (Å²) in [6.07, 6.45) is 0. The maximum Gasteiger partial charge on any atom is 0.241 e. The van der Waals surface area contributed by atoms with Crippen LogP contribution in [0.3, 0.4) is 0 Å². The lowest BCUT2D eigenvalue weighted by Crippen LogP contribution is -2.52. The molecule has 144 valence electrons. The first kappa shape index (κ1) is 20.1. The van der Waals surface area contributed by atoms with Gasteiger partial charge >= 0.3 is 0 Å². The molecule has 27 heavy (non-hydrogen) atoms. The highest BCUT2D eigenvalue weighted by atomic mass is 35.5. The van der Waals surface area contributed by atoms with E-state index in [2.05, 4.69) is 15.1 Å². The van der Waals surface area contributed by atoms with Crippen molar-refractivity contribution < 1.29 is 9.90 Å². The third-order valence-electron chi connectivity index (χ3n) is 4.72. The predicted molar refractivity (Wildman–Crippen MR) is 111 cm³/mol. The Morgan fingerprint density at radius 1 is 1.00 bits per heavy atom. The van der Waals surface area contributed by atoms with Crippen molar-refractivity contribution in [2.45, 2.75) is 13.0 Å². The second-order valence-electron chi connectivity index (χ2n) is 6.45. The molecule has 1 aliphatic rings. The van der Waals surface area contributed by atoms with E-state index in [-0.39, 0.29) is 17.7 Å². The molecular formula is C19H20Cl3N3O2. The van der Waals surface area contributed by atoms with Gasteiger partial charge in [-0.3, -0.25) is 9.69 Å². The summed E-state index contributed by atoms with van der Waals surface area (Å²) in [5, 5.41) is 13.3. The Kier molecular flexibility index (Phi) is 6.37. The number of benzene rings is 2. The van der Waals surface area contributed by atoms with Gasteiger partial charge in [0.1, 0.15) is 5.75 Å². The first-order valence-electron chi connectivity index (χ1n) is 8.58. The molecule has 2 aromatic rings. The molecule has 8 heteroatoms. The molecule has 2 aromatic carbocycles. The van der Waals surface area contributed by atoms with E-state index in [0.717, 1.165) is 31.9 Å². The second kappa shape index (κ2) is 8.57. The van der Waals surface area contributed by atoms with Gasteiger partial charge in [-0.2, -0.15) is 0 Å². The lowest BCUT2D eigenvalue weighted by Gasteiger charge is -2.38. The zero-order chi connectivity index (χ0) is 19.6. The van der Waals surface area contributed by atoms with E-state index >= 15 is 0 Å². The number of hydrogen-bond acceptors (Lipinski definition) is 4. The topological polar surface area (TPSA) is 55.8 Å². The van der Waals surface area contributed by atoms with Crippen LogP contribution in [0, 0.1) is 0 Å². The van der Waals surface area contributed by atoms with Gasteiger partial charge in [-0.05, 0) is 43.3 Å². The van der Waals surface area contributed by atoms with Crippen LogP contribution in [0.15, 0.2) is 36.4 Å². The lowest BCUT2D eigenvalue weighted by atomic mass is 10.2. The number of hydrogen-bond donors (Lipinski definition) is 2. The van der Waals surface area contributed by atoms with Gasteiger partial charge in [0.25, 0.3) is 0 Å². The van der Waals surface area contributed by atoms with Crippen molar-refractivity contribution >= 4 is 52.1 Å². The molecule has 1 aliphatic heterocycles. The van der Waals surface area contributed by atoms with E-state index in [4.69, 9.17) is 34.8 Å². The van der Waals surface area contributed by atoms with Crippen LogP contribution in [0.2, 0.25) is 15.1 Å². The molecule has 0 unspecified atom stereocenters. The maximum atomic E-state index is 12.6. The Bertz CT molecular complexity index is 822. The molecule has 0 spiro atoms. The molecule has 0 aromatic heterocycles. The van der Waals surface area contributed by atoms with Crippen LogP contribution in [-0.4, -0.2) is 48.1 Å². The summed E-state index contributed by atoms with van der Waals surface area (Å²) in [6, 6.07) is 9.91. The average molecular weight is 429 g/mol. The van der Waals surface area contributed by atoms with Crippen LogP contribution in [0.25, 0.3) is 0 Å². The largest absolute Gasteiger partial charge is 0.508 e. The van der Waals surface area contributed by atoms with E-state index in [0.29, 0.717) is 20.8 Å². The van der Waals surface area contributed by atoms with Crippen molar-refractivity contribution in [3.8, 4) is 5.75 Å². The highest BCUT2D eigenvalue weighted by Gasteiger charge is 2.26. The fraction of sp³-hybridized carbons (Fsp3) is 0.316. The fourth-order valence-electron chi connectivity index (χ4n) is 3.05. The normalized spacial score (nSPS) is 16.2. The molecule has 0 aliphatic carbocycles. The number of carbonyl (C=O) groups is 1. The third kappa shape index (κ3) is 4.79. The third-order valence-corrected chi connectivity index (χ3v) is 5.76. The van der Waals surface area contributed by atoms with Crippen LogP contribution < -0.4 is 10.2 Å². The Labute approximate surface area is 173 Å². The van der Waals surface area contributed by atoms with E-state index in [1.807, 2.05) is 19.1 Å². The highest BCUT2D eigenvalue weighted by molar-refractivity contribution is 6.44. The van der Waals surface area contributed by atoms with Crippen molar-refractivity contribution in [3.63, 3.8) is 0 Å². The molecule has 0 radical (unpaired) electrons. The van der Waals surface area contributed by atoms with Gasteiger partial charge in [0.15, 0.2) is 0 Å². The van der Waals surface area contributed by atoms with E-state index in [9.17, 15) is 9.90 Å². The van der Waals surface area contributed by atoms with Crippen molar-refractivity contribution in [1.82, 2.24) is 4.90 Å².